The molecular formula is C21H21ClN2O5S. The molecule has 0 saturated carbocycles. The Hall–Kier alpha value is -2.26. The van der Waals surface area contributed by atoms with E-state index >= 15 is 0 Å². The minimum absolute atomic E-state index is 0.0232. The zero-order valence-corrected chi connectivity index (χ0v) is 17.7. The first-order valence-electron chi connectivity index (χ1n) is 9.69. The van der Waals surface area contributed by atoms with Crippen molar-refractivity contribution in [3.63, 3.8) is 0 Å². The summed E-state index contributed by atoms with van der Waals surface area (Å²) in [4.78, 5) is 27.0. The second kappa shape index (κ2) is 8.47. The minimum atomic E-state index is -4.01. The smallest absolute Gasteiger partial charge is 0.252 e. The third kappa shape index (κ3) is 4.00. The van der Waals surface area contributed by atoms with Crippen LogP contribution in [-0.2, 0) is 24.3 Å². The molecule has 2 aromatic rings. The third-order valence-corrected chi connectivity index (χ3v) is 7.45. The first-order valence-corrected chi connectivity index (χ1v) is 11.5. The lowest BCUT2D eigenvalue weighted by atomic mass is 10.2. The SMILES string of the molecule is O=C1CC(N(CC2CCCO2)S(=O)(=O)c2ccccc2)C(=O)N1c1ccc(Cl)cc1. The van der Waals surface area contributed by atoms with Gasteiger partial charge in [0.1, 0.15) is 6.04 Å². The van der Waals surface area contributed by atoms with Crippen LogP contribution in [0.3, 0.4) is 0 Å². The predicted molar refractivity (Wildman–Crippen MR) is 112 cm³/mol. The number of nitrogens with zero attached hydrogens (tertiary/aromatic N) is 2. The van der Waals surface area contributed by atoms with Gasteiger partial charge in [0.15, 0.2) is 0 Å². The number of halogens is 1. The Morgan fingerprint density at radius 1 is 1.07 bits per heavy atom. The average Bonchev–Trinajstić information content (AvgIpc) is 3.35. The number of anilines is 1. The lowest BCUT2D eigenvalue weighted by Crippen LogP contribution is -2.48. The molecule has 2 saturated heterocycles. The molecule has 2 unspecified atom stereocenters. The number of rotatable bonds is 6. The van der Waals surface area contributed by atoms with Gasteiger partial charge >= 0.3 is 0 Å². The number of hydrogen-bond acceptors (Lipinski definition) is 5. The lowest BCUT2D eigenvalue weighted by Gasteiger charge is -2.28. The van der Waals surface area contributed by atoms with Crippen LogP contribution in [0.1, 0.15) is 19.3 Å². The monoisotopic (exact) mass is 448 g/mol. The summed E-state index contributed by atoms with van der Waals surface area (Å²) in [6.07, 6.45) is 1.01. The highest BCUT2D eigenvalue weighted by Gasteiger charge is 2.47. The van der Waals surface area contributed by atoms with Crippen molar-refractivity contribution < 1.29 is 22.7 Å². The lowest BCUT2D eigenvalue weighted by molar-refractivity contribution is -0.122. The fourth-order valence-electron chi connectivity index (χ4n) is 3.81. The van der Waals surface area contributed by atoms with Crippen LogP contribution in [0.15, 0.2) is 59.5 Å². The number of ether oxygens (including phenoxy) is 1. The topological polar surface area (TPSA) is 84.0 Å². The normalized spacial score (nSPS) is 22.3. The summed E-state index contributed by atoms with van der Waals surface area (Å²) in [5, 5.41) is 0.473. The Labute approximate surface area is 180 Å². The number of carbonyl (C=O) groups excluding carboxylic acids is 2. The van der Waals surface area contributed by atoms with Crippen LogP contribution in [-0.4, -0.2) is 49.8 Å². The number of hydrogen-bond donors (Lipinski definition) is 0. The molecule has 2 aliphatic heterocycles. The maximum Gasteiger partial charge on any atom is 0.252 e. The van der Waals surface area contributed by atoms with E-state index in [1.807, 2.05) is 0 Å². The molecule has 158 valence electrons. The van der Waals surface area contributed by atoms with Gasteiger partial charge in [-0.3, -0.25) is 9.59 Å². The number of sulfonamides is 1. The highest BCUT2D eigenvalue weighted by molar-refractivity contribution is 7.89. The average molecular weight is 449 g/mol. The second-order valence-corrected chi connectivity index (χ2v) is 9.61. The van der Waals surface area contributed by atoms with E-state index in [0.29, 0.717) is 23.7 Å². The summed E-state index contributed by atoms with van der Waals surface area (Å²) < 4.78 is 33.6. The summed E-state index contributed by atoms with van der Waals surface area (Å²) in [5.74, 6) is -1.02. The highest BCUT2D eigenvalue weighted by Crippen LogP contribution is 2.31. The van der Waals surface area contributed by atoms with Crippen LogP contribution in [0.2, 0.25) is 5.02 Å². The quantitative estimate of drug-likeness (QED) is 0.634. The molecule has 7 nitrogen and oxygen atoms in total. The van der Waals surface area contributed by atoms with Gasteiger partial charge in [0.25, 0.3) is 5.91 Å². The summed E-state index contributed by atoms with van der Waals surface area (Å²) in [5.41, 5.74) is 0.367. The minimum Gasteiger partial charge on any atom is -0.377 e. The summed E-state index contributed by atoms with van der Waals surface area (Å²) >= 11 is 5.90. The van der Waals surface area contributed by atoms with Crippen molar-refractivity contribution in [3.05, 3.63) is 59.6 Å². The van der Waals surface area contributed by atoms with Gasteiger partial charge in [-0.2, -0.15) is 4.31 Å². The fraction of sp³-hybridized carbons (Fsp3) is 0.333. The van der Waals surface area contributed by atoms with Gasteiger partial charge in [-0.25, -0.2) is 13.3 Å². The first kappa shape index (κ1) is 21.0. The molecule has 30 heavy (non-hydrogen) atoms. The molecule has 0 bridgehead atoms. The van der Waals surface area contributed by atoms with Gasteiger partial charge in [0.2, 0.25) is 15.9 Å². The van der Waals surface area contributed by atoms with Crippen molar-refractivity contribution in [2.45, 2.75) is 36.3 Å². The van der Waals surface area contributed by atoms with Gasteiger partial charge in [-0.05, 0) is 49.2 Å². The van der Waals surface area contributed by atoms with E-state index in [2.05, 4.69) is 0 Å². The Kier molecular flexibility index (Phi) is 5.92. The van der Waals surface area contributed by atoms with Crippen molar-refractivity contribution in [3.8, 4) is 0 Å². The van der Waals surface area contributed by atoms with E-state index in [4.69, 9.17) is 16.3 Å². The van der Waals surface area contributed by atoms with E-state index in [1.165, 1.54) is 12.1 Å². The van der Waals surface area contributed by atoms with Crippen LogP contribution < -0.4 is 4.90 Å². The Morgan fingerprint density at radius 2 is 1.77 bits per heavy atom. The van der Waals surface area contributed by atoms with Crippen molar-refractivity contribution in [1.29, 1.82) is 0 Å². The van der Waals surface area contributed by atoms with Gasteiger partial charge < -0.3 is 4.74 Å². The molecule has 2 aromatic carbocycles. The second-order valence-electron chi connectivity index (χ2n) is 7.29. The third-order valence-electron chi connectivity index (χ3n) is 5.31. The molecule has 0 N–H and O–H groups in total. The van der Waals surface area contributed by atoms with Crippen LogP contribution in [0.5, 0.6) is 0 Å². The maximum atomic E-state index is 13.4. The van der Waals surface area contributed by atoms with E-state index in [-0.39, 0.29) is 24.0 Å². The molecule has 2 heterocycles. The summed E-state index contributed by atoms with van der Waals surface area (Å²) in [7, 11) is -4.01. The molecular weight excluding hydrogens is 428 g/mol. The number of imide groups is 1. The molecule has 0 aromatic heterocycles. The number of amides is 2. The van der Waals surface area contributed by atoms with Crippen molar-refractivity contribution in [2.75, 3.05) is 18.1 Å². The van der Waals surface area contributed by atoms with Gasteiger partial charge in [-0.15, -0.1) is 0 Å². The van der Waals surface area contributed by atoms with Gasteiger partial charge in [0.05, 0.1) is 23.1 Å². The van der Waals surface area contributed by atoms with Crippen LogP contribution in [0, 0.1) is 0 Å². The number of benzene rings is 2. The highest BCUT2D eigenvalue weighted by atomic mass is 35.5. The Bertz CT molecular complexity index is 1040. The zero-order chi connectivity index (χ0) is 21.3. The molecule has 2 atom stereocenters. The molecule has 4 rings (SSSR count). The fourth-order valence-corrected chi connectivity index (χ4v) is 5.57. The molecule has 2 amide bonds. The summed E-state index contributed by atoms with van der Waals surface area (Å²) in [6.45, 7) is 0.577. The van der Waals surface area contributed by atoms with Crippen LogP contribution in [0.25, 0.3) is 0 Å². The van der Waals surface area contributed by atoms with E-state index in [9.17, 15) is 18.0 Å². The largest absolute Gasteiger partial charge is 0.377 e. The molecule has 2 fully saturated rings. The van der Waals surface area contributed by atoms with E-state index < -0.39 is 27.9 Å². The Balaban J connectivity index is 1.69. The Morgan fingerprint density at radius 3 is 2.40 bits per heavy atom. The van der Waals surface area contributed by atoms with E-state index in [0.717, 1.165) is 15.6 Å². The molecule has 9 heteroatoms. The van der Waals surface area contributed by atoms with Gasteiger partial charge in [0, 0.05) is 18.2 Å². The molecule has 0 radical (unpaired) electrons. The van der Waals surface area contributed by atoms with Gasteiger partial charge in [-0.1, -0.05) is 29.8 Å². The molecule has 0 aliphatic carbocycles. The van der Waals surface area contributed by atoms with Crippen molar-refractivity contribution in [1.82, 2.24) is 4.31 Å². The predicted octanol–water partition coefficient (Wildman–Crippen LogP) is 2.84. The standard InChI is InChI=1S/C21H21ClN2O5S/c22-15-8-10-16(11-9-15)24-20(25)13-19(21(24)26)23(14-17-5-4-12-29-17)30(27,28)18-6-2-1-3-7-18/h1-3,6-11,17,19H,4-5,12-14H2. The van der Waals surface area contributed by atoms with Crippen LogP contribution in [0.4, 0.5) is 5.69 Å². The number of carbonyl (C=O) groups is 2. The maximum absolute atomic E-state index is 13.4. The van der Waals surface area contributed by atoms with Crippen LogP contribution >= 0.6 is 11.6 Å². The van der Waals surface area contributed by atoms with Crippen molar-refractivity contribution >= 4 is 39.1 Å². The first-order chi connectivity index (χ1) is 14.4. The van der Waals surface area contributed by atoms with E-state index in [1.54, 1.807) is 42.5 Å². The summed E-state index contributed by atoms with van der Waals surface area (Å²) in [6, 6.07) is 13.1. The zero-order valence-electron chi connectivity index (χ0n) is 16.1. The molecule has 0 spiro atoms. The van der Waals surface area contributed by atoms with Crippen molar-refractivity contribution in [2.24, 2.45) is 0 Å². The molecule has 2 aliphatic rings.